The Hall–Kier alpha value is -0.440. The average Bonchev–Trinajstić information content (AvgIpc) is 2.74. The van der Waals surface area contributed by atoms with Crippen LogP contribution in [0.2, 0.25) is 0 Å². The van der Waals surface area contributed by atoms with Gasteiger partial charge in [-0.3, -0.25) is 0 Å². The van der Waals surface area contributed by atoms with Gasteiger partial charge in [-0.2, -0.15) is 0 Å². The Morgan fingerprint density at radius 3 is 1.17 bits per heavy atom. The minimum atomic E-state index is 0.985. The van der Waals surface area contributed by atoms with Gasteiger partial charge in [-0.25, -0.2) is 0 Å². The normalized spacial score (nSPS) is 12.0. The summed E-state index contributed by atoms with van der Waals surface area (Å²) in [4.78, 5) is 0. The van der Waals surface area contributed by atoms with E-state index in [2.05, 4.69) is 32.6 Å². The Bertz CT molecular complexity index is 345. The molecule has 0 rings (SSSR count). The third-order valence-electron chi connectivity index (χ3n) is 6.49. The summed E-state index contributed by atoms with van der Waals surface area (Å²) in [5, 5.41) is 0. The largest absolute Gasteiger partial charge is 0.103 e. The predicted octanol–water partition coefficient (Wildman–Crippen LogP) is 10.6. The van der Waals surface area contributed by atoms with Crippen LogP contribution >= 0.6 is 0 Å². The highest BCUT2D eigenvalue weighted by Crippen LogP contribution is 2.21. The fraction of sp³-hybridized carbons (Fsp3) is 0.931. The Kier molecular flexibility index (Phi) is 25.2. The predicted molar refractivity (Wildman–Crippen MR) is 134 cm³/mol. The van der Waals surface area contributed by atoms with Crippen molar-refractivity contribution < 1.29 is 0 Å². The maximum Gasteiger partial charge on any atom is 0.00886 e. The van der Waals surface area contributed by atoms with Gasteiger partial charge in [-0.15, -0.1) is 11.8 Å². The second-order valence-corrected chi connectivity index (χ2v) is 9.36. The van der Waals surface area contributed by atoms with Gasteiger partial charge in [-0.05, 0) is 18.8 Å². The van der Waals surface area contributed by atoms with E-state index in [4.69, 9.17) is 0 Å². The standard InChI is InChI=1S/C29H56/c1-4-7-9-11-13-14-15-16-17-18-19-20-21-22-24-26-28-29(6-3)27-25-23-12-10-8-5-2/h29H,4-18,21-28H2,1-3H3. The summed E-state index contributed by atoms with van der Waals surface area (Å²) in [6.07, 6.45) is 32.0. The van der Waals surface area contributed by atoms with E-state index in [1.54, 1.807) is 0 Å². The number of rotatable bonds is 22. The maximum atomic E-state index is 3.42. The molecular formula is C29H56. The van der Waals surface area contributed by atoms with Crippen LogP contribution in [-0.4, -0.2) is 0 Å². The molecule has 0 aliphatic heterocycles. The fourth-order valence-electron chi connectivity index (χ4n) is 4.29. The third kappa shape index (κ3) is 23.7. The summed E-state index contributed by atoms with van der Waals surface area (Å²) < 4.78 is 0. The summed E-state index contributed by atoms with van der Waals surface area (Å²) in [6.45, 7) is 6.98. The van der Waals surface area contributed by atoms with E-state index >= 15 is 0 Å². The van der Waals surface area contributed by atoms with Crippen molar-refractivity contribution in [3.8, 4) is 11.8 Å². The lowest BCUT2D eigenvalue weighted by Crippen LogP contribution is -1.99. The molecule has 0 bridgehead atoms. The quantitative estimate of drug-likeness (QED) is 0.124. The average molecular weight is 405 g/mol. The van der Waals surface area contributed by atoms with Crippen molar-refractivity contribution >= 4 is 0 Å². The molecule has 0 N–H and O–H groups in total. The first-order chi connectivity index (χ1) is 14.3. The van der Waals surface area contributed by atoms with Crippen molar-refractivity contribution in [2.24, 2.45) is 5.92 Å². The summed E-state index contributed by atoms with van der Waals surface area (Å²) >= 11 is 0. The van der Waals surface area contributed by atoms with Crippen LogP contribution in [0.5, 0.6) is 0 Å². The van der Waals surface area contributed by atoms with E-state index < -0.39 is 0 Å². The van der Waals surface area contributed by atoms with E-state index in [0.717, 1.165) is 18.8 Å². The second kappa shape index (κ2) is 25.6. The molecule has 0 saturated heterocycles. The van der Waals surface area contributed by atoms with Crippen molar-refractivity contribution in [1.82, 2.24) is 0 Å². The molecule has 0 radical (unpaired) electrons. The molecule has 0 heterocycles. The van der Waals surface area contributed by atoms with Gasteiger partial charge < -0.3 is 0 Å². The van der Waals surface area contributed by atoms with Crippen molar-refractivity contribution in [3.63, 3.8) is 0 Å². The Labute approximate surface area is 186 Å². The molecule has 172 valence electrons. The van der Waals surface area contributed by atoms with Crippen LogP contribution in [0, 0.1) is 17.8 Å². The number of hydrogen-bond acceptors (Lipinski definition) is 0. The maximum absolute atomic E-state index is 3.42. The molecule has 0 heteroatoms. The molecule has 0 amide bonds. The molecule has 0 aliphatic rings. The smallest absolute Gasteiger partial charge is 0.00886 e. The van der Waals surface area contributed by atoms with Crippen LogP contribution in [0.15, 0.2) is 0 Å². The monoisotopic (exact) mass is 404 g/mol. The zero-order valence-electron chi connectivity index (χ0n) is 20.8. The van der Waals surface area contributed by atoms with E-state index in [-0.39, 0.29) is 0 Å². The van der Waals surface area contributed by atoms with Crippen LogP contribution in [0.1, 0.15) is 168 Å². The lowest BCUT2D eigenvalue weighted by atomic mass is 9.92. The van der Waals surface area contributed by atoms with E-state index in [0.29, 0.717) is 0 Å². The minimum absolute atomic E-state index is 0.985. The van der Waals surface area contributed by atoms with E-state index in [1.165, 1.54) is 135 Å². The molecule has 0 aromatic carbocycles. The van der Waals surface area contributed by atoms with E-state index in [9.17, 15) is 0 Å². The van der Waals surface area contributed by atoms with Crippen LogP contribution < -0.4 is 0 Å². The highest BCUT2D eigenvalue weighted by atomic mass is 14.1. The summed E-state index contributed by atoms with van der Waals surface area (Å²) in [5.41, 5.74) is 0. The molecule has 0 saturated carbocycles. The Balaban J connectivity index is 3.34. The summed E-state index contributed by atoms with van der Waals surface area (Å²) in [7, 11) is 0. The molecule has 29 heavy (non-hydrogen) atoms. The third-order valence-corrected chi connectivity index (χ3v) is 6.49. The van der Waals surface area contributed by atoms with Crippen molar-refractivity contribution in [3.05, 3.63) is 0 Å². The van der Waals surface area contributed by atoms with Gasteiger partial charge in [-0.1, -0.05) is 143 Å². The van der Waals surface area contributed by atoms with Crippen molar-refractivity contribution in [2.75, 3.05) is 0 Å². The molecule has 0 aliphatic carbocycles. The second-order valence-electron chi connectivity index (χ2n) is 9.36. The van der Waals surface area contributed by atoms with Gasteiger partial charge in [0.25, 0.3) is 0 Å². The first-order valence-electron chi connectivity index (χ1n) is 13.8. The first-order valence-corrected chi connectivity index (χ1v) is 13.8. The highest BCUT2D eigenvalue weighted by Gasteiger charge is 2.05. The number of hydrogen-bond donors (Lipinski definition) is 0. The Morgan fingerprint density at radius 2 is 0.759 bits per heavy atom. The van der Waals surface area contributed by atoms with Crippen molar-refractivity contribution in [1.29, 1.82) is 0 Å². The molecule has 1 unspecified atom stereocenters. The molecule has 0 spiro atoms. The van der Waals surface area contributed by atoms with Crippen LogP contribution in [0.25, 0.3) is 0 Å². The topological polar surface area (TPSA) is 0 Å². The fourth-order valence-corrected chi connectivity index (χ4v) is 4.29. The van der Waals surface area contributed by atoms with Gasteiger partial charge in [0.1, 0.15) is 0 Å². The van der Waals surface area contributed by atoms with Gasteiger partial charge in [0.2, 0.25) is 0 Å². The zero-order chi connectivity index (χ0) is 21.3. The van der Waals surface area contributed by atoms with E-state index in [1.807, 2.05) is 0 Å². The highest BCUT2D eigenvalue weighted by molar-refractivity contribution is 4.98. The zero-order valence-corrected chi connectivity index (χ0v) is 20.8. The molecular weight excluding hydrogens is 348 g/mol. The Morgan fingerprint density at radius 1 is 0.414 bits per heavy atom. The lowest BCUT2D eigenvalue weighted by molar-refractivity contribution is 0.395. The minimum Gasteiger partial charge on any atom is -0.103 e. The first kappa shape index (κ1) is 28.6. The van der Waals surface area contributed by atoms with Crippen LogP contribution in [0.4, 0.5) is 0 Å². The lowest BCUT2D eigenvalue weighted by Gasteiger charge is -2.14. The molecule has 0 aromatic rings. The molecule has 1 atom stereocenters. The van der Waals surface area contributed by atoms with Gasteiger partial charge in [0, 0.05) is 12.8 Å². The van der Waals surface area contributed by atoms with Crippen LogP contribution in [-0.2, 0) is 0 Å². The van der Waals surface area contributed by atoms with Gasteiger partial charge in [0.15, 0.2) is 0 Å². The molecule has 0 aromatic heterocycles. The van der Waals surface area contributed by atoms with Gasteiger partial charge >= 0.3 is 0 Å². The number of unbranched alkanes of at least 4 members (excludes halogenated alkanes) is 17. The summed E-state index contributed by atoms with van der Waals surface area (Å²) in [6, 6.07) is 0. The van der Waals surface area contributed by atoms with Crippen LogP contribution in [0.3, 0.4) is 0 Å². The molecule has 0 fully saturated rings. The van der Waals surface area contributed by atoms with Crippen molar-refractivity contribution in [2.45, 2.75) is 168 Å². The SMILES string of the molecule is CCCCCCCCCCCC#CCCCCCC(CC)CCCCCCCC. The molecule has 0 nitrogen and oxygen atoms in total. The van der Waals surface area contributed by atoms with Gasteiger partial charge in [0.05, 0.1) is 0 Å². The summed E-state index contributed by atoms with van der Waals surface area (Å²) in [5.74, 6) is 7.82.